The van der Waals surface area contributed by atoms with Gasteiger partial charge in [-0.1, -0.05) is 18.9 Å². The minimum Gasteiger partial charge on any atom is -0.309 e. The highest BCUT2D eigenvalue weighted by Crippen LogP contribution is 2.41. The van der Waals surface area contributed by atoms with E-state index in [9.17, 15) is 4.39 Å². The van der Waals surface area contributed by atoms with Gasteiger partial charge in [0.15, 0.2) is 0 Å². The van der Waals surface area contributed by atoms with Gasteiger partial charge in [0.25, 0.3) is 0 Å². The molecule has 0 radical (unpaired) electrons. The fourth-order valence-corrected chi connectivity index (χ4v) is 4.50. The number of thioether (sulfide) groups is 1. The van der Waals surface area contributed by atoms with Gasteiger partial charge in [0, 0.05) is 17.3 Å². The van der Waals surface area contributed by atoms with Crippen molar-refractivity contribution in [2.24, 2.45) is 0 Å². The largest absolute Gasteiger partial charge is 0.309 e. The molecule has 0 amide bonds. The van der Waals surface area contributed by atoms with E-state index < -0.39 is 0 Å². The van der Waals surface area contributed by atoms with Gasteiger partial charge >= 0.3 is 0 Å². The summed E-state index contributed by atoms with van der Waals surface area (Å²) in [5, 5.41) is 3.75. The van der Waals surface area contributed by atoms with Crippen LogP contribution in [0, 0.1) is 5.82 Å². The Kier molecular flexibility index (Phi) is 3.86. The van der Waals surface area contributed by atoms with E-state index in [-0.39, 0.29) is 5.82 Å². The molecular formula is C16H22FNS. The van der Waals surface area contributed by atoms with E-state index >= 15 is 0 Å². The standard InChI is InChI=1S/C16H22FNS/c1-19-16(8-2-3-9-16)11-18-15-7-4-12-10-13(17)5-6-14(12)15/h5-6,10,15,18H,2-4,7-9,11H2,1H3. The van der Waals surface area contributed by atoms with Gasteiger partial charge in [-0.15, -0.1) is 0 Å². The SMILES string of the molecule is CSC1(CNC2CCc3cc(F)ccc32)CCCC1. The molecule has 2 aliphatic rings. The van der Waals surface area contributed by atoms with Crippen LogP contribution in [-0.2, 0) is 6.42 Å². The molecule has 1 fully saturated rings. The lowest BCUT2D eigenvalue weighted by atomic mass is 10.0. The number of nitrogens with one attached hydrogen (secondary N) is 1. The number of halogens is 1. The Morgan fingerprint density at radius 3 is 2.89 bits per heavy atom. The molecule has 1 aromatic rings. The smallest absolute Gasteiger partial charge is 0.123 e. The first-order chi connectivity index (χ1) is 9.22. The summed E-state index contributed by atoms with van der Waals surface area (Å²) >= 11 is 2.02. The number of benzene rings is 1. The van der Waals surface area contributed by atoms with Crippen LogP contribution in [0.1, 0.15) is 49.3 Å². The average Bonchev–Trinajstić information content (AvgIpc) is 3.03. The van der Waals surface area contributed by atoms with Crippen LogP contribution in [-0.4, -0.2) is 17.5 Å². The molecular weight excluding hydrogens is 257 g/mol. The molecule has 0 bridgehead atoms. The van der Waals surface area contributed by atoms with Crippen LogP contribution in [0.3, 0.4) is 0 Å². The maximum atomic E-state index is 13.2. The zero-order chi connectivity index (χ0) is 13.3. The Labute approximate surface area is 119 Å². The van der Waals surface area contributed by atoms with Crippen molar-refractivity contribution in [2.45, 2.75) is 49.3 Å². The van der Waals surface area contributed by atoms with E-state index in [4.69, 9.17) is 0 Å². The van der Waals surface area contributed by atoms with Gasteiger partial charge in [-0.05, 0) is 55.2 Å². The van der Waals surface area contributed by atoms with Gasteiger partial charge in [-0.25, -0.2) is 4.39 Å². The second-order valence-corrected chi connectivity index (χ2v) is 7.18. The molecule has 1 aromatic carbocycles. The van der Waals surface area contributed by atoms with Crippen LogP contribution in [0.2, 0.25) is 0 Å². The first-order valence-corrected chi connectivity index (χ1v) is 8.52. The summed E-state index contributed by atoms with van der Waals surface area (Å²) in [7, 11) is 0. The third-order valence-corrected chi connectivity index (χ3v) is 6.22. The van der Waals surface area contributed by atoms with Crippen LogP contribution in [0.4, 0.5) is 4.39 Å². The first kappa shape index (κ1) is 13.4. The minimum atomic E-state index is -0.101. The minimum absolute atomic E-state index is 0.101. The molecule has 104 valence electrons. The second-order valence-electron chi connectivity index (χ2n) is 5.91. The van der Waals surface area contributed by atoms with Gasteiger partial charge in [0.2, 0.25) is 0 Å². The molecule has 1 atom stereocenters. The maximum Gasteiger partial charge on any atom is 0.123 e. The second kappa shape index (κ2) is 5.45. The zero-order valence-corrected chi connectivity index (χ0v) is 12.4. The quantitative estimate of drug-likeness (QED) is 0.891. The van der Waals surface area contributed by atoms with E-state index in [1.165, 1.54) is 36.8 Å². The normalized spacial score (nSPS) is 24.6. The molecule has 0 spiro atoms. The summed E-state index contributed by atoms with van der Waals surface area (Å²) in [6.07, 6.45) is 9.78. The van der Waals surface area contributed by atoms with Gasteiger partial charge in [0.05, 0.1) is 0 Å². The van der Waals surface area contributed by atoms with Gasteiger partial charge < -0.3 is 5.32 Å². The van der Waals surface area contributed by atoms with Crippen molar-refractivity contribution in [1.29, 1.82) is 0 Å². The molecule has 0 saturated heterocycles. The van der Waals surface area contributed by atoms with Crippen molar-refractivity contribution in [3.8, 4) is 0 Å². The van der Waals surface area contributed by atoms with Crippen molar-refractivity contribution >= 4 is 11.8 Å². The summed E-state index contributed by atoms with van der Waals surface area (Å²) in [4.78, 5) is 0. The summed E-state index contributed by atoms with van der Waals surface area (Å²) in [6.45, 7) is 1.09. The van der Waals surface area contributed by atoms with Crippen molar-refractivity contribution < 1.29 is 4.39 Å². The molecule has 3 heteroatoms. The molecule has 3 rings (SSSR count). The molecule has 2 aliphatic carbocycles. The van der Waals surface area contributed by atoms with E-state index in [2.05, 4.69) is 11.6 Å². The summed E-state index contributed by atoms with van der Waals surface area (Å²) in [6, 6.07) is 5.70. The molecule has 1 saturated carbocycles. The average molecular weight is 279 g/mol. The van der Waals surface area contributed by atoms with Crippen molar-refractivity contribution in [3.63, 3.8) is 0 Å². The first-order valence-electron chi connectivity index (χ1n) is 7.29. The fourth-order valence-electron chi connectivity index (χ4n) is 3.58. The molecule has 0 heterocycles. The van der Waals surface area contributed by atoms with Crippen LogP contribution in [0.15, 0.2) is 18.2 Å². The van der Waals surface area contributed by atoms with Crippen molar-refractivity contribution in [2.75, 3.05) is 12.8 Å². The maximum absolute atomic E-state index is 13.2. The van der Waals surface area contributed by atoms with E-state index in [1.54, 1.807) is 12.1 Å². The van der Waals surface area contributed by atoms with Gasteiger partial charge in [-0.2, -0.15) is 11.8 Å². The number of fused-ring (bicyclic) bond motifs is 1. The third-order valence-electron chi connectivity index (χ3n) is 4.80. The van der Waals surface area contributed by atoms with Crippen LogP contribution >= 0.6 is 11.8 Å². The summed E-state index contributed by atoms with van der Waals surface area (Å²) < 4.78 is 13.7. The van der Waals surface area contributed by atoms with Gasteiger partial charge in [0.1, 0.15) is 5.82 Å². The highest BCUT2D eigenvalue weighted by molar-refractivity contribution is 8.00. The molecule has 0 aliphatic heterocycles. The van der Waals surface area contributed by atoms with Crippen LogP contribution < -0.4 is 5.32 Å². The lowest BCUT2D eigenvalue weighted by molar-refractivity contribution is 0.465. The number of aryl methyl sites for hydroxylation is 1. The van der Waals surface area contributed by atoms with E-state index in [0.29, 0.717) is 10.8 Å². The Morgan fingerprint density at radius 2 is 2.16 bits per heavy atom. The van der Waals surface area contributed by atoms with Crippen LogP contribution in [0.5, 0.6) is 0 Å². The van der Waals surface area contributed by atoms with Crippen molar-refractivity contribution in [1.82, 2.24) is 5.32 Å². The predicted octanol–water partition coefficient (Wildman–Crippen LogP) is 4.08. The molecule has 19 heavy (non-hydrogen) atoms. The highest BCUT2D eigenvalue weighted by Gasteiger charge is 2.34. The van der Waals surface area contributed by atoms with E-state index in [1.807, 2.05) is 17.8 Å². The van der Waals surface area contributed by atoms with Crippen molar-refractivity contribution in [3.05, 3.63) is 35.1 Å². The Morgan fingerprint density at radius 1 is 1.37 bits per heavy atom. The highest BCUT2D eigenvalue weighted by atomic mass is 32.2. The number of hydrogen-bond donors (Lipinski definition) is 1. The summed E-state index contributed by atoms with van der Waals surface area (Å²) in [5.41, 5.74) is 2.51. The Balaban J connectivity index is 1.66. The monoisotopic (exact) mass is 279 g/mol. The Bertz CT molecular complexity index is 454. The van der Waals surface area contributed by atoms with Gasteiger partial charge in [-0.3, -0.25) is 0 Å². The van der Waals surface area contributed by atoms with Crippen LogP contribution in [0.25, 0.3) is 0 Å². The molecule has 1 N–H and O–H groups in total. The number of rotatable bonds is 4. The third kappa shape index (κ3) is 2.68. The fraction of sp³-hybridized carbons (Fsp3) is 0.625. The zero-order valence-electron chi connectivity index (χ0n) is 11.5. The van der Waals surface area contributed by atoms with E-state index in [0.717, 1.165) is 19.4 Å². The predicted molar refractivity (Wildman–Crippen MR) is 80.2 cm³/mol. The molecule has 1 nitrogen and oxygen atoms in total. The lowest BCUT2D eigenvalue weighted by Crippen LogP contribution is -2.36. The molecule has 0 aromatic heterocycles. The topological polar surface area (TPSA) is 12.0 Å². The Hall–Kier alpha value is -0.540. The summed E-state index contributed by atoms with van der Waals surface area (Å²) in [5.74, 6) is -0.101. The number of hydrogen-bond acceptors (Lipinski definition) is 2. The molecule has 1 unspecified atom stereocenters. The lowest BCUT2D eigenvalue weighted by Gasteiger charge is -2.29.